The van der Waals surface area contributed by atoms with Crippen molar-refractivity contribution in [3.63, 3.8) is 0 Å². The van der Waals surface area contributed by atoms with Crippen LogP contribution < -0.4 is 10.5 Å². The summed E-state index contributed by atoms with van der Waals surface area (Å²) in [5, 5.41) is 8.96. The topological polar surface area (TPSA) is 109 Å². The van der Waals surface area contributed by atoms with Crippen molar-refractivity contribution in [2.75, 3.05) is 10.5 Å². The lowest BCUT2D eigenvalue weighted by Crippen LogP contribution is -2.14. The minimum absolute atomic E-state index is 0.00144. The van der Waals surface area contributed by atoms with Gasteiger partial charge in [0.25, 0.3) is 10.0 Å². The molecular formula is C12H10N4O2S. The molecule has 1 aromatic carbocycles. The Balaban J connectivity index is 2.44. The number of benzene rings is 1. The molecule has 19 heavy (non-hydrogen) atoms. The van der Waals surface area contributed by atoms with Crippen LogP contribution in [0.15, 0.2) is 47.6 Å². The van der Waals surface area contributed by atoms with Crippen molar-refractivity contribution in [3.8, 4) is 6.07 Å². The standard InChI is InChI=1S/C12H10N4O2S/c13-8-9-7-10(14)1-2-12(9)19(17,18)16-11-3-5-15-6-4-11/h1-7H,14H2,(H,15,16). The Kier molecular flexibility index (Phi) is 3.35. The number of sulfonamides is 1. The maximum Gasteiger partial charge on any atom is 0.263 e. The third kappa shape index (κ3) is 2.81. The summed E-state index contributed by atoms with van der Waals surface area (Å²) >= 11 is 0. The van der Waals surface area contributed by atoms with E-state index >= 15 is 0 Å². The number of rotatable bonds is 3. The summed E-state index contributed by atoms with van der Waals surface area (Å²) in [6.07, 6.45) is 2.93. The average molecular weight is 274 g/mol. The van der Waals surface area contributed by atoms with Crippen molar-refractivity contribution < 1.29 is 8.42 Å². The highest BCUT2D eigenvalue weighted by Gasteiger charge is 2.18. The minimum atomic E-state index is -3.83. The van der Waals surface area contributed by atoms with Gasteiger partial charge >= 0.3 is 0 Å². The van der Waals surface area contributed by atoms with Crippen LogP contribution in [0.4, 0.5) is 11.4 Å². The van der Waals surface area contributed by atoms with Crippen molar-refractivity contribution >= 4 is 21.4 Å². The van der Waals surface area contributed by atoms with Gasteiger partial charge < -0.3 is 5.73 Å². The number of nitrogen functional groups attached to an aromatic ring is 1. The van der Waals surface area contributed by atoms with E-state index in [1.807, 2.05) is 6.07 Å². The van der Waals surface area contributed by atoms with Gasteiger partial charge in [0, 0.05) is 18.1 Å². The fourth-order valence-corrected chi connectivity index (χ4v) is 2.70. The Morgan fingerprint density at radius 3 is 2.53 bits per heavy atom. The van der Waals surface area contributed by atoms with Crippen molar-refractivity contribution in [2.45, 2.75) is 4.90 Å². The number of nitrogens with two attached hydrogens (primary N) is 1. The first-order chi connectivity index (χ1) is 9.03. The predicted octanol–water partition coefficient (Wildman–Crippen LogP) is 1.34. The molecule has 0 aliphatic carbocycles. The van der Waals surface area contributed by atoms with Crippen molar-refractivity contribution in [3.05, 3.63) is 48.3 Å². The maximum atomic E-state index is 12.2. The smallest absolute Gasteiger partial charge is 0.263 e. The minimum Gasteiger partial charge on any atom is -0.399 e. The Bertz CT molecular complexity index is 736. The molecule has 0 amide bonds. The second kappa shape index (κ2) is 4.96. The predicted molar refractivity (Wildman–Crippen MR) is 70.6 cm³/mol. The van der Waals surface area contributed by atoms with E-state index in [1.165, 1.54) is 42.7 Å². The van der Waals surface area contributed by atoms with Crippen LogP contribution in [-0.4, -0.2) is 13.4 Å². The first kappa shape index (κ1) is 12.9. The van der Waals surface area contributed by atoms with Gasteiger partial charge in [0.05, 0.1) is 11.3 Å². The lowest BCUT2D eigenvalue weighted by molar-refractivity contribution is 0.601. The normalized spacial score (nSPS) is 10.7. The quantitative estimate of drug-likeness (QED) is 0.821. The Hall–Kier alpha value is -2.59. The van der Waals surface area contributed by atoms with E-state index in [9.17, 15) is 8.42 Å². The van der Waals surface area contributed by atoms with E-state index < -0.39 is 10.0 Å². The number of nitriles is 1. The highest BCUT2D eigenvalue weighted by molar-refractivity contribution is 7.92. The average Bonchev–Trinajstić information content (AvgIpc) is 2.38. The molecule has 2 aromatic rings. The second-order valence-electron chi connectivity index (χ2n) is 3.71. The van der Waals surface area contributed by atoms with E-state index in [2.05, 4.69) is 9.71 Å². The van der Waals surface area contributed by atoms with Gasteiger partial charge in [0.15, 0.2) is 0 Å². The van der Waals surface area contributed by atoms with Gasteiger partial charge in [0.2, 0.25) is 0 Å². The van der Waals surface area contributed by atoms with Gasteiger partial charge in [0.1, 0.15) is 11.0 Å². The monoisotopic (exact) mass is 274 g/mol. The summed E-state index contributed by atoms with van der Waals surface area (Å²) in [5.74, 6) is 0. The number of aromatic nitrogens is 1. The number of hydrogen-bond acceptors (Lipinski definition) is 5. The fourth-order valence-electron chi connectivity index (χ4n) is 1.50. The molecule has 0 spiro atoms. The van der Waals surface area contributed by atoms with Gasteiger partial charge in [-0.1, -0.05) is 0 Å². The largest absolute Gasteiger partial charge is 0.399 e. The molecule has 0 fully saturated rings. The number of pyridine rings is 1. The van der Waals surface area contributed by atoms with Crippen LogP contribution in [0.3, 0.4) is 0 Å². The first-order valence-electron chi connectivity index (χ1n) is 5.25. The Morgan fingerprint density at radius 1 is 1.21 bits per heavy atom. The molecule has 0 unspecified atom stereocenters. The summed E-state index contributed by atoms with van der Waals surface area (Å²) in [7, 11) is -3.83. The van der Waals surface area contributed by atoms with E-state index in [1.54, 1.807) is 0 Å². The van der Waals surface area contributed by atoms with E-state index in [4.69, 9.17) is 11.0 Å². The molecule has 6 nitrogen and oxygen atoms in total. The molecule has 0 saturated carbocycles. The Morgan fingerprint density at radius 2 is 1.89 bits per heavy atom. The van der Waals surface area contributed by atoms with Crippen LogP contribution >= 0.6 is 0 Å². The molecule has 3 N–H and O–H groups in total. The molecule has 2 rings (SSSR count). The number of anilines is 2. The van der Waals surface area contributed by atoms with E-state index in [-0.39, 0.29) is 10.5 Å². The highest BCUT2D eigenvalue weighted by Crippen LogP contribution is 2.20. The third-order valence-corrected chi connectivity index (χ3v) is 3.79. The van der Waals surface area contributed by atoms with Gasteiger partial charge in [-0.05, 0) is 30.3 Å². The van der Waals surface area contributed by atoms with Gasteiger partial charge in [-0.15, -0.1) is 0 Å². The molecule has 96 valence electrons. The molecule has 0 aliphatic rings. The highest BCUT2D eigenvalue weighted by atomic mass is 32.2. The molecule has 0 saturated heterocycles. The zero-order valence-corrected chi connectivity index (χ0v) is 10.6. The number of nitrogens with one attached hydrogen (secondary N) is 1. The molecule has 0 aliphatic heterocycles. The zero-order chi connectivity index (χ0) is 13.9. The number of nitrogens with zero attached hydrogens (tertiary/aromatic N) is 2. The lowest BCUT2D eigenvalue weighted by atomic mass is 10.2. The van der Waals surface area contributed by atoms with Gasteiger partial charge in [-0.3, -0.25) is 9.71 Å². The van der Waals surface area contributed by atoms with Gasteiger partial charge in [-0.25, -0.2) is 8.42 Å². The van der Waals surface area contributed by atoms with Crippen LogP contribution in [0.5, 0.6) is 0 Å². The Labute approximate surface area is 110 Å². The van der Waals surface area contributed by atoms with Crippen LogP contribution in [-0.2, 0) is 10.0 Å². The fraction of sp³-hybridized carbons (Fsp3) is 0. The van der Waals surface area contributed by atoms with E-state index in [0.29, 0.717) is 11.4 Å². The molecule has 1 heterocycles. The molecule has 7 heteroatoms. The summed E-state index contributed by atoms with van der Waals surface area (Å²) < 4.78 is 26.7. The van der Waals surface area contributed by atoms with Crippen LogP contribution in [0.25, 0.3) is 0 Å². The maximum absolute atomic E-state index is 12.2. The summed E-state index contributed by atoms with van der Waals surface area (Å²) in [6, 6.07) is 8.90. The lowest BCUT2D eigenvalue weighted by Gasteiger charge is -2.09. The van der Waals surface area contributed by atoms with E-state index in [0.717, 1.165) is 0 Å². The summed E-state index contributed by atoms with van der Waals surface area (Å²) in [5.41, 5.74) is 6.23. The SMILES string of the molecule is N#Cc1cc(N)ccc1S(=O)(=O)Nc1ccncc1. The van der Waals surface area contributed by atoms with Crippen LogP contribution in [0.2, 0.25) is 0 Å². The molecule has 0 atom stereocenters. The van der Waals surface area contributed by atoms with Crippen molar-refractivity contribution in [1.29, 1.82) is 5.26 Å². The molecule has 0 bridgehead atoms. The second-order valence-corrected chi connectivity index (χ2v) is 5.36. The summed E-state index contributed by atoms with van der Waals surface area (Å²) in [6.45, 7) is 0. The van der Waals surface area contributed by atoms with Crippen LogP contribution in [0, 0.1) is 11.3 Å². The molecular weight excluding hydrogens is 264 g/mol. The zero-order valence-electron chi connectivity index (χ0n) is 9.74. The van der Waals surface area contributed by atoms with Gasteiger partial charge in [-0.2, -0.15) is 5.26 Å². The number of hydrogen-bond donors (Lipinski definition) is 2. The molecule has 0 radical (unpaired) electrons. The molecule has 1 aromatic heterocycles. The third-order valence-electron chi connectivity index (χ3n) is 2.35. The summed E-state index contributed by atoms with van der Waals surface area (Å²) in [4.78, 5) is 3.68. The van der Waals surface area contributed by atoms with Crippen LogP contribution in [0.1, 0.15) is 5.56 Å². The van der Waals surface area contributed by atoms with Crippen molar-refractivity contribution in [2.24, 2.45) is 0 Å². The van der Waals surface area contributed by atoms with Crippen molar-refractivity contribution in [1.82, 2.24) is 4.98 Å². The first-order valence-corrected chi connectivity index (χ1v) is 6.74.